The summed E-state index contributed by atoms with van der Waals surface area (Å²) in [6.45, 7) is 0. The molecule has 0 aromatic heterocycles. The van der Waals surface area contributed by atoms with Crippen LogP contribution in [-0.4, -0.2) is 5.91 Å². The minimum atomic E-state index is -0.0199. The predicted octanol–water partition coefficient (Wildman–Crippen LogP) is 2.59. The van der Waals surface area contributed by atoms with Crippen molar-refractivity contribution in [1.82, 2.24) is 5.32 Å². The van der Waals surface area contributed by atoms with Gasteiger partial charge in [0, 0.05) is 5.92 Å². The Morgan fingerprint density at radius 3 is 2.38 bits per heavy atom. The quantitative estimate of drug-likeness (QED) is 0.825. The second-order valence-corrected chi connectivity index (χ2v) is 5.07. The molecule has 2 nitrogen and oxygen atoms in total. The van der Waals surface area contributed by atoms with Gasteiger partial charge in [-0.1, -0.05) is 36.8 Å². The standard InChI is InChI=1S/C14H17NO/c16-13(11-5-4-6-11)15-14(9-10-14)12-7-2-1-3-8-12/h1-3,7-8,11H,4-6,9-10H2,(H,15,16). The van der Waals surface area contributed by atoms with Crippen molar-refractivity contribution in [3.8, 4) is 0 Å². The second kappa shape index (κ2) is 3.62. The van der Waals surface area contributed by atoms with E-state index in [9.17, 15) is 4.79 Å². The molecule has 0 bridgehead atoms. The molecule has 0 unspecified atom stereocenters. The van der Waals surface area contributed by atoms with Crippen molar-refractivity contribution in [1.29, 1.82) is 0 Å². The third kappa shape index (κ3) is 1.62. The first kappa shape index (κ1) is 9.88. The number of hydrogen-bond donors (Lipinski definition) is 1. The van der Waals surface area contributed by atoms with Gasteiger partial charge in [-0.3, -0.25) is 4.79 Å². The maximum Gasteiger partial charge on any atom is 0.223 e. The van der Waals surface area contributed by atoms with E-state index in [1.54, 1.807) is 0 Å². The lowest BCUT2D eigenvalue weighted by Crippen LogP contribution is -2.41. The van der Waals surface area contributed by atoms with Crippen LogP contribution in [0.4, 0.5) is 0 Å². The fourth-order valence-corrected chi connectivity index (χ4v) is 2.38. The Kier molecular flexibility index (Phi) is 2.23. The third-order valence-electron chi connectivity index (χ3n) is 3.91. The number of carbonyl (C=O) groups excluding carboxylic acids is 1. The molecule has 0 spiro atoms. The van der Waals surface area contributed by atoms with Gasteiger partial charge in [-0.2, -0.15) is 0 Å². The summed E-state index contributed by atoms with van der Waals surface area (Å²) in [7, 11) is 0. The van der Waals surface area contributed by atoms with Gasteiger partial charge >= 0.3 is 0 Å². The van der Waals surface area contributed by atoms with Crippen molar-refractivity contribution < 1.29 is 4.79 Å². The van der Waals surface area contributed by atoms with Gasteiger partial charge < -0.3 is 5.32 Å². The van der Waals surface area contributed by atoms with Gasteiger partial charge in [0.1, 0.15) is 0 Å². The van der Waals surface area contributed by atoms with Crippen LogP contribution in [0.1, 0.15) is 37.7 Å². The summed E-state index contributed by atoms with van der Waals surface area (Å²) in [5.74, 6) is 0.564. The maximum absolute atomic E-state index is 11.9. The van der Waals surface area contributed by atoms with E-state index in [2.05, 4.69) is 17.4 Å². The van der Waals surface area contributed by atoms with E-state index in [1.165, 1.54) is 12.0 Å². The summed E-state index contributed by atoms with van der Waals surface area (Å²) in [6.07, 6.45) is 5.56. The third-order valence-corrected chi connectivity index (χ3v) is 3.91. The Morgan fingerprint density at radius 2 is 1.88 bits per heavy atom. The lowest BCUT2D eigenvalue weighted by atomic mass is 9.84. The Balaban J connectivity index is 1.72. The van der Waals surface area contributed by atoms with Crippen molar-refractivity contribution in [2.75, 3.05) is 0 Å². The molecule has 0 saturated heterocycles. The monoisotopic (exact) mass is 215 g/mol. The average Bonchev–Trinajstić information content (AvgIpc) is 2.97. The zero-order valence-corrected chi connectivity index (χ0v) is 9.41. The molecule has 0 radical (unpaired) electrons. The molecule has 3 rings (SSSR count). The van der Waals surface area contributed by atoms with Gasteiger partial charge in [-0.25, -0.2) is 0 Å². The van der Waals surface area contributed by atoms with Crippen LogP contribution in [0.2, 0.25) is 0 Å². The first-order chi connectivity index (χ1) is 7.80. The molecule has 2 fully saturated rings. The van der Waals surface area contributed by atoms with Crippen LogP contribution in [-0.2, 0) is 10.3 Å². The van der Waals surface area contributed by atoms with Crippen molar-refractivity contribution in [3.63, 3.8) is 0 Å². The summed E-state index contributed by atoms with van der Waals surface area (Å²) >= 11 is 0. The van der Waals surface area contributed by atoms with Gasteiger partial charge in [0.05, 0.1) is 5.54 Å². The largest absolute Gasteiger partial charge is 0.346 e. The first-order valence-electron chi connectivity index (χ1n) is 6.18. The lowest BCUT2D eigenvalue weighted by molar-refractivity contribution is -0.128. The van der Waals surface area contributed by atoms with Crippen LogP contribution in [0.15, 0.2) is 30.3 Å². The highest BCUT2D eigenvalue weighted by Crippen LogP contribution is 2.46. The van der Waals surface area contributed by atoms with Crippen LogP contribution in [0.3, 0.4) is 0 Å². The Hall–Kier alpha value is -1.31. The van der Waals surface area contributed by atoms with Gasteiger partial charge in [0.2, 0.25) is 5.91 Å². The summed E-state index contributed by atoms with van der Waals surface area (Å²) in [5.41, 5.74) is 1.25. The Bertz CT molecular complexity index is 390. The van der Waals surface area contributed by atoms with Crippen LogP contribution < -0.4 is 5.32 Å². The Morgan fingerprint density at radius 1 is 1.19 bits per heavy atom. The minimum Gasteiger partial charge on any atom is -0.346 e. The second-order valence-electron chi connectivity index (χ2n) is 5.07. The molecule has 1 amide bonds. The fraction of sp³-hybridized carbons (Fsp3) is 0.500. The van der Waals surface area contributed by atoms with Crippen LogP contribution in [0.5, 0.6) is 0 Å². The van der Waals surface area contributed by atoms with Crippen LogP contribution >= 0.6 is 0 Å². The van der Waals surface area contributed by atoms with E-state index in [4.69, 9.17) is 0 Å². The molecule has 1 N–H and O–H groups in total. The van der Waals surface area contributed by atoms with Gasteiger partial charge in [0.15, 0.2) is 0 Å². The molecule has 2 aliphatic carbocycles. The summed E-state index contributed by atoms with van der Waals surface area (Å²) in [5, 5.41) is 3.25. The highest BCUT2D eigenvalue weighted by atomic mass is 16.2. The molecule has 2 heteroatoms. The smallest absolute Gasteiger partial charge is 0.223 e. The van der Waals surface area contributed by atoms with Crippen molar-refractivity contribution >= 4 is 5.91 Å². The summed E-state index contributed by atoms with van der Waals surface area (Å²) in [6, 6.07) is 10.4. The molecule has 0 atom stereocenters. The Labute approximate surface area is 96.1 Å². The first-order valence-corrected chi connectivity index (χ1v) is 6.18. The molecule has 84 valence electrons. The lowest BCUT2D eigenvalue weighted by Gasteiger charge is -2.27. The molecule has 0 aliphatic heterocycles. The minimum absolute atomic E-state index is 0.0199. The van der Waals surface area contributed by atoms with E-state index >= 15 is 0 Å². The van der Waals surface area contributed by atoms with E-state index in [0.717, 1.165) is 25.7 Å². The highest BCUT2D eigenvalue weighted by Gasteiger charge is 2.46. The van der Waals surface area contributed by atoms with Crippen molar-refractivity contribution in [3.05, 3.63) is 35.9 Å². The fourth-order valence-electron chi connectivity index (χ4n) is 2.38. The van der Waals surface area contributed by atoms with Gasteiger partial charge in [0.25, 0.3) is 0 Å². The molecule has 1 aromatic carbocycles. The van der Waals surface area contributed by atoms with E-state index in [-0.39, 0.29) is 11.4 Å². The van der Waals surface area contributed by atoms with E-state index < -0.39 is 0 Å². The number of amides is 1. The number of benzene rings is 1. The van der Waals surface area contributed by atoms with Crippen molar-refractivity contribution in [2.45, 2.75) is 37.6 Å². The number of carbonyl (C=O) groups is 1. The summed E-state index contributed by atoms with van der Waals surface area (Å²) < 4.78 is 0. The maximum atomic E-state index is 11.9. The van der Waals surface area contributed by atoms with Gasteiger partial charge in [-0.05, 0) is 31.2 Å². The molecule has 1 aromatic rings. The topological polar surface area (TPSA) is 29.1 Å². The summed E-state index contributed by atoms with van der Waals surface area (Å²) in [4.78, 5) is 11.9. The molecule has 2 aliphatic rings. The molecular formula is C14H17NO. The molecular weight excluding hydrogens is 198 g/mol. The number of hydrogen-bond acceptors (Lipinski definition) is 1. The highest BCUT2D eigenvalue weighted by molar-refractivity contribution is 5.80. The molecule has 2 saturated carbocycles. The SMILES string of the molecule is O=C(NC1(c2ccccc2)CC1)C1CCC1. The zero-order chi connectivity index (χ0) is 11.0. The number of nitrogens with one attached hydrogen (secondary N) is 1. The molecule has 0 heterocycles. The molecule has 16 heavy (non-hydrogen) atoms. The van der Waals surface area contributed by atoms with E-state index in [0.29, 0.717) is 5.92 Å². The number of rotatable bonds is 3. The van der Waals surface area contributed by atoms with Crippen LogP contribution in [0, 0.1) is 5.92 Å². The van der Waals surface area contributed by atoms with Crippen LogP contribution in [0.25, 0.3) is 0 Å². The van der Waals surface area contributed by atoms with Gasteiger partial charge in [-0.15, -0.1) is 0 Å². The zero-order valence-electron chi connectivity index (χ0n) is 9.41. The predicted molar refractivity (Wildman–Crippen MR) is 62.8 cm³/mol. The van der Waals surface area contributed by atoms with E-state index in [1.807, 2.05) is 18.2 Å². The average molecular weight is 215 g/mol. The van der Waals surface area contributed by atoms with Crippen molar-refractivity contribution in [2.24, 2.45) is 5.92 Å². The normalized spacial score (nSPS) is 22.2.